The van der Waals surface area contributed by atoms with Crippen LogP contribution in [0.3, 0.4) is 0 Å². The van der Waals surface area contributed by atoms with Crippen LogP contribution in [0.25, 0.3) is 0 Å². The van der Waals surface area contributed by atoms with E-state index in [0.717, 1.165) is 26.2 Å². The second kappa shape index (κ2) is 8.30. The zero-order valence-electron chi connectivity index (χ0n) is 16.1. The van der Waals surface area contributed by atoms with Gasteiger partial charge in [-0.25, -0.2) is 13.6 Å². The topological polar surface area (TPSA) is 95.7 Å². The number of piperazine rings is 1. The number of rotatable bonds is 5. The van der Waals surface area contributed by atoms with Crippen molar-refractivity contribution in [3.05, 3.63) is 54.1 Å². The molecule has 0 unspecified atom stereocenters. The fourth-order valence-electron chi connectivity index (χ4n) is 3.41. The van der Waals surface area contributed by atoms with E-state index in [1.165, 1.54) is 23.4 Å². The molecule has 1 saturated heterocycles. The van der Waals surface area contributed by atoms with E-state index in [9.17, 15) is 13.2 Å². The molecule has 0 radical (unpaired) electrons. The maximum atomic E-state index is 12.6. The van der Waals surface area contributed by atoms with E-state index >= 15 is 0 Å². The van der Waals surface area contributed by atoms with Crippen molar-refractivity contribution in [2.75, 3.05) is 36.4 Å². The van der Waals surface area contributed by atoms with Gasteiger partial charge in [0.25, 0.3) is 0 Å². The SMILES string of the molecule is Cc1ccccc1N1CCN([C@@H](C)C(=O)Nc2ccc(S(N)(=O)=O)cc2)CC1. The highest BCUT2D eigenvalue weighted by molar-refractivity contribution is 7.89. The average molecular weight is 403 g/mol. The third kappa shape index (κ3) is 4.70. The molecular weight excluding hydrogens is 376 g/mol. The van der Waals surface area contributed by atoms with Crippen molar-refractivity contribution in [2.45, 2.75) is 24.8 Å². The fourth-order valence-corrected chi connectivity index (χ4v) is 3.92. The van der Waals surface area contributed by atoms with Gasteiger partial charge in [-0.2, -0.15) is 0 Å². The Morgan fingerprint density at radius 1 is 1.04 bits per heavy atom. The summed E-state index contributed by atoms with van der Waals surface area (Å²) >= 11 is 0. The summed E-state index contributed by atoms with van der Waals surface area (Å²) in [7, 11) is -3.74. The summed E-state index contributed by atoms with van der Waals surface area (Å²) in [4.78, 5) is 17.1. The molecule has 0 bridgehead atoms. The van der Waals surface area contributed by atoms with Crippen molar-refractivity contribution in [1.82, 2.24) is 4.90 Å². The summed E-state index contributed by atoms with van der Waals surface area (Å²) in [6.07, 6.45) is 0. The molecule has 8 heteroatoms. The van der Waals surface area contributed by atoms with Crippen LogP contribution in [0.1, 0.15) is 12.5 Å². The van der Waals surface area contributed by atoms with Crippen LogP contribution in [-0.4, -0.2) is 51.4 Å². The summed E-state index contributed by atoms with van der Waals surface area (Å²) in [5.41, 5.74) is 3.04. The van der Waals surface area contributed by atoms with Crippen LogP contribution in [0.5, 0.6) is 0 Å². The van der Waals surface area contributed by atoms with E-state index < -0.39 is 10.0 Å². The first-order chi connectivity index (χ1) is 13.3. The lowest BCUT2D eigenvalue weighted by Gasteiger charge is -2.39. The first-order valence-electron chi connectivity index (χ1n) is 9.24. The third-order valence-corrected chi connectivity index (χ3v) is 6.08. The Balaban J connectivity index is 1.57. The van der Waals surface area contributed by atoms with Crippen molar-refractivity contribution in [2.24, 2.45) is 5.14 Å². The van der Waals surface area contributed by atoms with Crippen LogP contribution in [0.4, 0.5) is 11.4 Å². The minimum absolute atomic E-state index is 0.0193. The molecule has 1 amide bonds. The van der Waals surface area contributed by atoms with Gasteiger partial charge in [0.1, 0.15) is 0 Å². The molecular formula is C20H26N4O3S. The lowest BCUT2D eigenvalue weighted by Crippen LogP contribution is -2.53. The summed E-state index contributed by atoms with van der Waals surface area (Å²) < 4.78 is 22.6. The van der Waals surface area contributed by atoms with Gasteiger partial charge in [-0.3, -0.25) is 9.69 Å². The molecule has 0 aromatic heterocycles. The highest BCUT2D eigenvalue weighted by Crippen LogP contribution is 2.21. The molecule has 1 aliphatic rings. The second-order valence-electron chi connectivity index (χ2n) is 7.04. The first-order valence-corrected chi connectivity index (χ1v) is 10.8. The number of nitrogens with zero attached hydrogens (tertiary/aromatic N) is 2. The number of benzene rings is 2. The standard InChI is InChI=1S/C20H26N4O3S/c1-15-5-3-4-6-19(15)24-13-11-23(12-14-24)16(2)20(25)22-17-7-9-18(10-8-17)28(21,26)27/h3-10,16H,11-14H2,1-2H3,(H,22,25)(H2,21,26,27)/t16-/m0/s1. The summed E-state index contributed by atoms with van der Waals surface area (Å²) in [6, 6.07) is 13.9. The molecule has 1 aliphatic heterocycles. The highest BCUT2D eigenvalue weighted by atomic mass is 32.2. The van der Waals surface area contributed by atoms with E-state index in [2.05, 4.69) is 34.2 Å². The number of amides is 1. The van der Waals surface area contributed by atoms with Crippen molar-refractivity contribution < 1.29 is 13.2 Å². The van der Waals surface area contributed by atoms with Gasteiger partial charge in [-0.15, -0.1) is 0 Å². The molecule has 3 N–H and O–H groups in total. The van der Waals surface area contributed by atoms with Gasteiger partial charge < -0.3 is 10.2 Å². The minimum Gasteiger partial charge on any atom is -0.369 e. The van der Waals surface area contributed by atoms with Gasteiger partial charge >= 0.3 is 0 Å². The van der Waals surface area contributed by atoms with Crippen molar-refractivity contribution >= 4 is 27.3 Å². The first kappa shape index (κ1) is 20.3. The van der Waals surface area contributed by atoms with E-state index in [1.54, 1.807) is 12.1 Å². The van der Waals surface area contributed by atoms with Gasteiger partial charge in [-0.05, 0) is 49.7 Å². The number of carbonyl (C=O) groups is 1. The number of aryl methyl sites for hydroxylation is 1. The maximum absolute atomic E-state index is 12.6. The third-order valence-electron chi connectivity index (χ3n) is 5.15. The lowest BCUT2D eigenvalue weighted by molar-refractivity contribution is -0.120. The number of sulfonamides is 1. The Morgan fingerprint density at radius 2 is 1.64 bits per heavy atom. The Kier molecular flexibility index (Phi) is 6.02. The number of hydrogen-bond donors (Lipinski definition) is 2. The van der Waals surface area contributed by atoms with Crippen molar-refractivity contribution in [1.29, 1.82) is 0 Å². The van der Waals surface area contributed by atoms with Crippen LogP contribution >= 0.6 is 0 Å². The number of nitrogens with one attached hydrogen (secondary N) is 1. The number of nitrogens with two attached hydrogens (primary N) is 1. The predicted octanol–water partition coefficient (Wildman–Crippen LogP) is 1.79. The van der Waals surface area contributed by atoms with Gasteiger partial charge in [0.2, 0.25) is 15.9 Å². The predicted molar refractivity (Wildman–Crippen MR) is 111 cm³/mol. The Bertz CT molecular complexity index is 936. The zero-order chi connectivity index (χ0) is 20.3. The zero-order valence-corrected chi connectivity index (χ0v) is 16.9. The van der Waals surface area contributed by atoms with Crippen LogP contribution in [0.2, 0.25) is 0 Å². The molecule has 0 spiro atoms. The summed E-state index contributed by atoms with van der Waals surface area (Å²) in [5.74, 6) is -0.118. The van der Waals surface area contributed by atoms with Crippen LogP contribution in [0, 0.1) is 6.92 Å². The molecule has 1 atom stereocenters. The van der Waals surface area contributed by atoms with Gasteiger partial charge in [-0.1, -0.05) is 18.2 Å². The van der Waals surface area contributed by atoms with E-state index in [0.29, 0.717) is 5.69 Å². The normalized spacial score (nSPS) is 16.6. The number of hydrogen-bond acceptors (Lipinski definition) is 5. The molecule has 7 nitrogen and oxygen atoms in total. The molecule has 2 aromatic rings. The quantitative estimate of drug-likeness (QED) is 0.795. The van der Waals surface area contributed by atoms with Gasteiger partial charge in [0, 0.05) is 37.6 Å². The van der Waals surface area contributed by atoms with E-state index in [1.807, 2.05) is 19.1 Å². The molecule has 1 fully saturated rings. The Morgan fingerprint density at radius 3 is 2.21 bits per heavy atom. The number of anilines is 2. The fraction of sp³-hybridized carbons (Fsp3) is 0.350. The number of para-hydroxylation sites is 1. The highest BCUT2D eigenvalue weighted by Gasteiger charge is 2.26. The average Bonchev–Trinajstić information content (AvgIpc) is 2.67. The van der Waals surface area contributed by atoms with Crippen LogP contribution in [-0.2, 0) is 14.8 Å². The number of carbonyl (C=O) groups excluding carboxylic acids is 1. The summed E-state index contributed by atoms with van der Waals surface area (Å²) in [5, 5.41) is 7.93. The second-order valence-corrected chi connectivity index (χ2v) is 8.61. The van der Waals surface area contributed by atoms with Crippen LogP contribution in [0.15, 0.2) is 53.4 Å². The molecule has 150 valence electrons. The van der Waals surface area contributed by atoms with E-state index in [-0.39, 0.29) is 16.8 Å². The van der Waals surface area contributed by atoms with E-state index in [4.69, 9.17) is 5.14 Å². The van der Waals surface area contributed by atoms with Gasteiger partial charge in [0.05, 0.1) is 10.9 Å². The Hall–Kier alpha value is -2.42. The largest absolute Gasteiger partial charge is 0.369 e. The Labute approximate surface area is 166 Å². The molecule has 3 rings (SSSR count). The summed E-state index contributed by atoms with van der Waals surface area (Å²) in [6.45, 7) is 7.33. The molecule has 1 heterocycles. The molecule has 0 aliphatic carbocycles. The molecule has 0 saturated carbocycles. The molecule has 2 aromatic carbocycles. The van der Waals surface area contributed by atoms with Crippen molar-refractivity contribution in [3.63, 3.8) is 0 Å². The molecule has 28 heavy (non-hydrogen) atoms. The minimum atomic E-state index is -3.74. The smallest absolute Gasteiger partial charge is 0.241 e. The van der Waals surface area contributed by atoms with Crippen LogP contribution < -0.4 is 15.4 Å². The number of primary sulfonamides is 1. The van der Waals surface area contributed by atoms with Gasteiger partial charge in [0.15, 0.2) is 0 Å². The maximum Gasteiger partial charge on any atom is 0.241 e. The monoisotopic (exact) mass is 402 g/mol. The van der Waals surface area contributed by atoms with Crippen molar-refractivity contribution in [3.8, 4) is 0 Å². The lowest BCUT2D eigenvalue weighted by atomic mass is 10.1.